The van der Waals surface area contributed by atoms with Crippen LogP contribution in [-0.4, -0.2) is 40.7 Å². The normalized spacial score (nSPS) is 17.3. The van der Waals surface area contributed by atoms with Gasteiger partial charge in [-0.15, -0.1) is 0 Å². The minimum Gasteiger partial charge on any atom is -0.395 e. The molecule has 0 aliphatic carbocycles. The van der Waals surface area contributed by atoms with E-state index in [0.29, 0.717) is 31.7 Å². The molecule has 7 nitrogen and oxygen atoms in total. The van der Waals surface area contributed by atoms with Crippen LogP contribution in [0.3, 0.4) is 0 Å². The molecule has 1 atom stereocenters. The highest BCUT2D eigenvalue weighted by molar-refractivity contribution is 5.95. The van der Waals surface area contributed by atoms with E-state index in [1.165, 1.54) is 0 Å². The van der Waals surface area contributed by atoms with Crippen LogP contribution in [-0.2, 0) is 11.2 Å². The Morgan fingerprint density at radius 2 is 2.08 bits per heavy atom. The molecule has 126 valence electrons. The summed E-state index contributed by atoms with van der Waals surface area (Å²) < 4.78 is 0. The van der Waals surface area contributed by atoms with Crippen molar-refractivity contribution in [2.24, 2.45) is 5.92 Å². The van der Waals surface area contributed by atoms with Gasteiger partial charge in [-0.25, -0.2) is 4.98 Å². The molecule has 4 N–H and O–H groups in total. The Balaban J connectivity index is 1.69. The second-order valence-electron chi connectivity index (χ2n) is 5.87. The lowest BCUT2D eigenvalue weighted by Crippen LogP contribution is -2.24. The fourth-order valence-electron chi connectivity index (χ4n) is 2.97. The molecule has 3 rings (SSSR count). The standard InChI is InChI=1S/C17H21N5O2/c18-17-20-13(10-15(21-17)19-6-7-23)8-12-9-16(24)22(11-12)14-4-2-1-3-5-14/h1-5,10,12,23H,6-9,11H2,(H3,18,19,20,21)/t12-/m0/s1. The van der Waals surface area contributed by atoms with Crippen LogP contribution in [0.1, 0.15) is 12.1 Å². The SMILES string of the molecule is Nc1nc(C[C@H]2CC(=O)N(c3ccccc3)C2)cc(NCCO)n1. The second kappa shape index (κ2) is 7.27. The molecule has 1 aromatic heterocycles. The number of rotatable bonds is 6. The summed E-state index contributed by atoms with van der Waals surface area (Å²) in [5.41, 5.74) is 7.48. The number of amides is 1. The number of aliphatic hydroxyl groups is 1. The van der Waals surface area contributed by atoms with Crippen molar-refractivity contribution < 1.29 is 9.90 Å². The number of carbonyl (C=O) groups is 1. The van der Waals surface area contributed by atoms with Crippen molar-refractivity contribution >= 4 is 23.4 Å². The van der Waals surface area contributed by atoms with Crippen LogP contribution in [0, 0.1) is 5.92 Å². The minimum absolute atomic E-state index is 0.0163. The van der Waals surface area contributed by atoms with Gasteiger partial charge in [0.1, 0.15) is 5.82 Å². The lowest BCUT2D eigenvalue weighted by atomic mass is 10.0. The highest BCUT2D eigenvalue weighted by Crippen LogP contribution is 2.27. The van der Waals surface area contributed by atoms with Crippen LogP contribution in [0.5, 0.6) is 0 Å². The van der Waals surface area contributed by atoms with E-state index in [-0.39, 0.29) is 24.4 Å². The first-order valence-electron chi connectivity index (χ1n) is 7.99. The Kier molecular flexibility index (Phi) is 4.90. The predicted octanol–water partition coefficient (Wildman–Crippen LogP) is 1.06. The zero-order chi connectivity index (χ0) is 16.9. The summed E-state index contributed by atoms with van der Waals surface area (Å²) in [5.74, 6) is 1.11. The van der Waals surface area contributed by atoms with Gasteiger partial charge in [-0.3, -0.25) is 4.79 Å². The number of nitrogen functional groups attached to an aromatic ring is 1. The number of aromatic nitrogens is 2. The van der Waals surface area contributed by atoms with Gasteiger partial charge in [0.05, 0.1) is 6.61 Å². The molecule has 0 saturated carbocycles. The van der Waals surface area contributed by atoms with E-state index in [1.54, 1.807) is 0 Å². The van der Waals surface area contributed by atoms with Crippen LogP contribution in [0.4, 0.5) is 17.5 Å². The number of carbonyl (C=O) groups excluding carboxylic acids is 1. The van der Waals surface area contributed by atoms with Gasteiger partial charge in [0, 0.05) is 37.0 Å². The summed E-state index contributed by atoms with van der Waals surface area (Å²) in [7, 11) is 0. The summed E-state index contributed by atoms with van der Waals surface area (Å²) in [4.78, 5) is 22.5. The average Bonchev–Trinajstić information content (AvgIpc) is 2.93. The fraction of sp³-hybridized carbons (Fsp3) is 0.353. The van der Waals surface area contributed by atoms with Crippen molar-refractivity contribution in [2.45, 2.75) is 12.8 Å². The first-order valence-corrected chi connectivity index (χ1v) is 7.99. The average molecular weight is 327 g/mol. The van der Waals surface area contributed by atoms with Crippen molar-refractivity contribution in [3.8, 4) is 0 Å². The third-order valence-corrected chi connectivity index (χ3v) is 3.99. The van der Waals surface area contributed by atoms with E-state index >= 15 is 0 Å². The first kappa shape index (κ1) is 16.2. The topological polar surface area (TPSA) is 104 Å². The van der Waals surface area contributed by atoms with E-state index in [2.05, 4.69) is 15.3 Å². The maximum absolute atomic E-state index is 12.3. The Hall–Kier alpha value is -2.67. The molecule has 0 spiro atoms. The molecule has 1 aliphatic rings. The van der Waals surface area contributed by atoms with Gasteiger partial charge in [0.25, 0.3) is 0 Å². The van der Waals surface area contributed by atoms with Gasteiger partial charge < -0.3 is 21.1 Å². The Morgan fingerprint density at radius 3 is 2.83 bits per heavy atom. The predicted molar refractivity (Wildman–Crippen MR) is 92.6 cm³/mol. The number of hydrogen-bond donors (Lipinski definition) is 3. The molecule has 24 heavy (non-hydrogen) atoms. The highest BCUT2D eigenvalue weighted by atomic mass is 16.3. The molecule has 1 saturated heterocycles. The smallest absolute Gasteiger partial charge is 0.227 e. The zero-order valence-electron chi connectivity index (χ0n) is 13.4. The molecule has 2 aromatic rings. The number of aliphatic hydroxyl groups excluding tert-OH is 1. The van der Waals surface area contributed by atoms with E-state index in [0.717, 1.165) is 11.4 Å². The highest BCUT2D eigenvalue weighted by Gasteiger charge is 2.30. The first-order chi connectivity index (χ1) is 11.7. The van der Waals surface area contributed by atoms with Crippen molar-refractivity contribution in [3.63, 3.8) is 0 Å². The summed E-state index contributed by atoms with van der Waals surface area (Å²) in [6, 6.07) is 11.5. The van der Waals surface area contributed by atoms with Crippen molar-refractivity contribution in [1.29, 1.82) is 0 Å². The monoisotopic (exact) mass is 327 g/mol. The Bertz CT molecular complexity index is 707. The van der Waals surface area contributed by atoms with Gasteiger partial charge in [-0.1, -0.05) is 18.2 Å². The molecule has 1 aromatic carbocycles. The lowest BCUT2D eigenvalue weighted by Gasteiger charge is -2.16. The molecular formula is C17H21N5O2. The molecular weight excluding hydrogens is 306 g/mol. The Labute approximate surface area is 140 Å². The minimum atomic E-state index is 0.0163. The van der Waals surface area contributed by atoms with E-state index in [9.17, 15) is 4.79 Å². The molecule has 1 aliphatic heterocycles. The Morgan fingerprint density at radius 1 is 1.29 bits per heavy atom. The largest absolute Gasteiger partial charge is 0.395 e. The van der Waals surface area contributed by atoms with Crippen molar-refractivity contribution in [2.75, 3.05) is 35.6 Å². The maximum Gasteiger partial charge on any atom is 0.227 e. The van der Waals surface area contributed by atoms with Crippen LogP contribution in [0.2, 0.25) is 0 Å². The molecule has 2 heterocycles. The van der Waals surface area contributed by atoms with Gasteiger partial charge in [0.15, 0.2) is 0 Å². The number of hydrogen-bond acceptors (Lipinski definition) is 6. The van der Waals surface area contributed by atoms with Crippen LogP contribution in [0.25, 0.3) is 0 Å². The van der Waals surface area contributed by atoms with Crippen LogP contribution >= 0.6 is 0 Å². The van der Waals surface area contributed by atoms with Gasteiger partial charge in [-0.2, -0.15) is 4.98 Å². The van der Waals surface area contributed by atoms with Crippen molar-refractivity contribution in [1.82, 2.24) is 9.97 Å². The number of para-hydroxylation sites is 1. The van der Waals surface area contributed by atoms with Gasteiger partial charge in [0.2, 0.25) is 11.9 Å². The van der Waals surface area contributed by atoms with E-state index < -0.39 is 0 Å². The number of nitrogens with one attached hydrogen (secondary N) is 1. The summed E-state index contributed by atoms with van der Waals surface area (Å²) in [6.07, 6.45) is 1.16. The number of anilines is 3. The zero-order valence-corrected chi connectivity index (χ0v) is 13.4. The third-order valence-electron chi connectivity index (χ3n) is 3.99. The molecule has 7 heteroatoms. The number of benzene rings is 1. The van der Waals surface area contributed by atoms with E-state index in [1.807, 2.05) is 41.3 Å². The van der Waals surface area contributed by atoms with E-state index in [4.69, 9.17) is 10.8 Å². The quantitative estimate of drug-likeness (QED) is 0.733. The fourth-order valence-corrected chi connectivity index (χ4v) is 2.97. The van der Waals surface area contributed by atoms with Crippen LogP contribution in [0.15, 0.2) is 36.4 Å². The summed E-state index contributed by atoms with van der Waals surface area (Å²) in [6.45, 7) is 1.09. The molecule has 1 amide bonds. The van der Waals surface area contributed by atoms with Crippen LogP contribution < -0.4 is 16.0 Å². The second-order valence-corrected chi connectivity index (χ2v) is 5.87. The third kappa shape index (κ3) is 3.80. The number of nitrogens with zero attached hydrogens (tertiary/aromatic N) is 3. The van der Waals surface area contributed by atoms with Gasteiger partial charge >= 0.3 is 0 Å². The molecule has 0 radical (unpaired) electrons. The lowest BCUT2D eigenvalue weighted by molar-refractivity contribution is -0.117. The maximum atomic E-state index is 12.3. The summed E-state index contributed by atoms with van der Waals surface area (Å²) >= 11 is 0. The number of nitrogens with two attached hydrogens (primary N) is 1. The molecule has 0 unspecified atom stereocenters. The molecule has 0 bridgehead atoms. The van der Waals surface area contributed by atoms with Gasteiger partial charge in [-0.05, 0) is 24.5 Å². The van der Waals surface area contributed by atoms with Crippen molar-refractivity contribution in [3.05, 3.63) is 42.1 Å². The molecule has 1 fully saturated rings. The summed E-state index contributed by atoms with van der Waals surface area (Å²) in [5, 5.41) is 11.9.